The molecule has 2 aliphatic rings. The molecule has 2 rings (SSSR count). The third kappa shape index (κ3) is 0.727. The molecule has 1 nitrogen and oxygen atoms in total. The number of hydrogen-bond donors (Lipinski definition) is 0. The average molecular weight is 119 g/mol. The predicted molar refractivity (Wildman–Crippen MR) is 38.5 cm³/mol. The van der Waals surface area contributed by atoms with Crippen LogP contribution in [0.5, 0.6) is 0 Å². The largest absolute Gasteiger partial charge is 0.261 e. The molecule has 0 atom stereocenters. The minimum atomic E-state index is 1.06. The first-order chi connectivity index (χ1) is 4.47. The monoisotopic (exact) mass is 119 g/mol. The lowest BCUT2D eigenvalue weighted by Gasteiger charge is -2.03. The second kappa shape index (κ2) is 1.83. The second-order valence-electron chi connectivity index (χ2n) is 2.41. The van der Waals surface area contributed by atoms with E-state index in [0.717, 1.165) is 6.42 Å². The lowest BCUT2D eigenvalue weighted by atomic mass is 10.0. The molecule has 0 saturated carbocycles. The third-order valence-corrected chi connectivity index (χ3v) is 1.77. The molecular weight excluding hydrogens is 110 g/mol. The minimum Gasteiger partial charge on any atom is -0.261 e. The molecule has 0 fully saturated rings. The molecule has 1 heterocycles. The number of rotatable bonds is 0. The summed E-state index contributed by atoms with van der Waals surface area (Å²) >= 11 is 0. The standard InChI is InChI=1S/C8H9N/c1-2-4-8-7(3-1)5-6-9-8/h3-4,6H,1-2,5H2. The van der Waals surface area contributed by atoms with E-state index in [-0.39, 0.29) is 0 Å². The fourth-order valence-electron chi connectivity index (χ4n) is 1.28. The summed E-state index contributed by atoms with van der Waals surface area (Å²) in [7, 11) is 0. The summed E-state index contributed by atoms with van der Waals surface area (Å²) in [5.41, 5.74) is 2.66. The molecule has 1 aliphatic carbocycles. The zero-order valence-corrected chi connectivity index (χ0v) is 5.30. The van der Waals surface area contributed by atoms with Gasteiger partial charge in [-0.1, -0.05) is 12.2 Å². The number of nitrogens with zero attached hydrogens (tertiary/aromatic N) is 1. The van der Waals surface area contributed by atoms with Crippen LogP contribution in [-0.2, 0) is 0 Å². The Kier molecular flexibility index (Phi) is 1.01. The van der Waals surface area contributed by atoms with Crippen LogP contribution in [0.15, 0.2) is 28.4 Å². The van der Waals surface area contributed by atoms with Crippen LogP contribution < -0.4 is 0 Å². The van der Waals surface area contributed by atoms with E-state index in [0.29, 0.717) is 0 Å². The van der Waals surface area contributed by atoms with Gasteiger partial charge in [-0.3, -0.25) is 4.99 Å². The molecule has 0 spiro atoms. The topological polar surface area (TPSA) is 12.4 Å². The van der Waals surface area contributed by atoms with Crippen LogP contribution in [0.25, 0.3) is 0 Å². The molecule has 9 heavy (non-hydrogen) atoms. The zero-order valence-electron chi connectivity index (χ0n) is 5.30. The van der Waals surface area contributed by atoms with E-state index in [1.165, 1.54) is 24.1 Å². The van der Waals surface area contributed by atoms with Crippen LogP contribution in [0.2, 0.25) is 0 Å². The van der Waals surface area contributed by atoms with Crippen LogP contribution in [0.3, 0.4) is 0 Å². The van der Waals surface area contributed by atoms with Gasteiger partial charge in [-0.25, -0.2) is 0 Å². The highest BCUT2D eigenvalue weighted by molar-refractivity contribution is 5.71. The smallest absolute Gasteiger partial charge is 0.0618 e. The quantitative estimate of drug-likeness (QED) is 0.463. The lowest BCUT2D eigenvalue weighted by molar-refractivity contribution is 0.987. The molecule has 0 aromatic heterocycles. The Bertz CT molecular complexity index is 209. The van der Waals surface area contributed by atoms with Gasteiger partial charge in [0.2, 0.25) is 0 Å². The highest BCUT2D eigenvalue weighted by Gasteiger charge is 2.09. The first-order valence-electron chi connectivity index (χ1n) is 3.39. The number of fused-ring (bicyclic) bond motifs is 1. The summed E-state index contributed by atoms with van der Waals surface area (Å²) < 4.78 is 0. The van der Waals surface area contributed by atoms with E-state index < -0.39 is 0 Å². The first kappa shape index (κ1) is 4.98. The van der Waals surface area contributed by atoms with Gasteiger partial charge in [0.05, 0.1) is 5.70 Å². The van der Waals surface area contributed by atoms with Crippen molar-refractivity contribution in [2.75, 3.05) is 0 Å². The lowest BCUT2D eigenvalue weighted by Crippen LogP contribution is -1.85. The van der Waals surface area contributed by atoms with Crippen LogP contribution in [0, 0.1) is 0 Å². The summed E-state index contributed by atoms with van der Waals surface area (Å²) in [4.78, 5) is 4.23. The van der Waals surface area contributed by atoms with E-state index >= 15 is 0 Å². The normalized spacial score (nSPS) is 23.1. The zero-order chi connectivity index (χ0) is 6.10. The Morgan fingerprint density at radius 1 is 1.22 bits per heavy atom. The highest BCUT2D eigenvalue weighted by Crippen LogP contribution is 2.25. The molecular formula is C8H9N. The van der Waals surface area contributed by atoms with Gasteiger partial charge in [0.25, 0.3) is 0 Å². The Labute approximate surface area is 54.8 Å². The molecule has 0 saturated heterocycles. The van der Waals surface area contributed by atoms with E-state index in [2.05, 4.69) is 17.1 Å². The summed E-state index contributed by atoms with van der Waals surface area (Å²) in [6, 6.07) is 0. The summed E-state index contributed by atoms with van der Waals surface area (Å²) in [5, 5.41) is 0. The van der Waals surface area contributed by atoms with Crippen molar-refractivity contribution in [3.63, 3.8) is 0 Å². The minimum absolute atomic E-state index is 1.06. The number of allylic oxidation sites excluding steroid dienone is 3. The van der Waals surface area contributed by atoms with Crippen molar-refractivity contribution >= 4 is 6.21 Å². The molecule has 0 bridgehead atoms. The molecule has 0 aromatic carbocycles. The van der Waals surface area contributed by atoms with Crippen molar-refractivity contribution in [3.8, 4) is 0 Å². The van der Waals surface area contributed by atoms with Crippen LogP contribution in [0.4, 0.5) is 0 Å². The van der Waals surface area contributed by atoms with Gasteiger partial charge in [-0.2, -0.15) is 0 Å². The maximum Gasteiger partial charge on any atom is 0.0618 e. The van der Waals surface area contributed by atoms with Crippen molar-refractivity contribution in [1.29, 1.82) is 0 Å². The summed E-state index contributed by atoms with van der Waals surface area (Å²) in [6.45, 7) is 0. The van der Waals surface area contributed by atoms with Gasteiger partial charge in [0.15, 0.2) is 0 Å². The maximum absolute atomic E-state index is 4.23. The number of aliphatic imine (C=N–C) groups is 1. The van der Waals surface area contributed by atoms with E-state index in [4.69, 9.17) is 0 Å². The molecule has 0 unspecified atom stereocenters. The van der Waals surface area contributed by atoms with Gasteiger partial charge < -0.3 is 0 Å². The van der Waals surface area contributed by atoms with Crippen molar-refractivity contribution in [2.24, 2.45) is 4.99 Å². The van der Waals surface area contributed by atoms with Gasteiger partial charge >= 0.3 is 0 Å². The highest BCUT2D eigenvalue weighted by atomic mass is 14.8. The SMILES string of the molecule is C1=NC2=CCCC=C2C1. The molecule has 0 amide bonds. The second-order valence-corrected chi connectivity index (χ2v) is 2.41. The fourth-order valence-corrected chi connectivity index (χ4v) is 1.28. The fraction of sp³-hybridized carbons (Fsp3) is 0.375. The number of hydrogen-bond acceptors (Lipinski definition) is 1. The van der Waals surface area contributed by atoms with Crippen LogP contribution in [0.1, 0.15) is 19.3 Å². The maximum atomic E-state index is 4.23. The van der Waals surface area contributed by atoms with Crippen molar-refractivity contribution in [1.82, 2.24) is 0 Å². The molecule has 0 radical (unpaired) electrons. The van der Waals surface area contributed by atoms with Gasteiger partial charge in [-0.05, 0) is 18.4 Å². The van der Waals surface area contributed by atoms with E-state index in [9.17, 15) is 0 Å². The predicted octanol–water partition coefficient (Wildman–Crippen LogP) is 2.06. The molecule has 0 aromatic rings. The molecule has 1 aliphatic heterocycles. The van der Waals surface area contributed by atoms with Gasteiger partial charge in [-0.15, -0.1) is 0 Å². The summed E-state index contributed by atoms with van der Waals surface area (Å²) in [6.07, 6.45) is 9.95. The Morgan fingerprint density at radius 2 is 2.11 bits per heavy atom. The van der Waals surface area contributed by atoms with Crippen molar-refractivity contribution < 1.29 is 0 Å². The van der Waals surface area contributed by atoms with E-state index in [1.54, 1.807) is 0 Å². The van der Waals surface area contributed by atoms with E-state index in [1.807, 2.05) is 6.21 Å². The Balaban J connectivity index is 2.38. The Morgan fingerprint density at radius 3 is 3.00 bits per heavy atom. The van der Waals surface area contributed by atoms with Crippen molar-refractivity contribution in [3.05, 3.63) is 23.4 Å². The average Bonchev–Trinajstić information content (AvgIpc) is 2.33. The summed E-state index contributed by atoms with van der Waals surface area (Å²) in [5.74, 6) is 0. The Hall–Kier alpha value is -0.850. The molecule has 46 valence electrons. The van der Waals surface area contributed by atoms with Gasteiger partial charge in [0, 0.05) is 12.6 Å². The van der Waals surface area contributed by atoms with Crippen molar-refractivity contribution in [2.45, 2.75) is 19.3 Å². The first-order valence-corrected chi connectivity index (χ1v) is 3.39. The third-order valence-electron chi connectivity index (χ3n) is 1.77. The van der Waals surface area contributed by atoms with Crippen LogP contribution in [-0.4, -0.2) is 6.21 Å². The molecule has 1 heteroatoms. The van der Waals surface area contributed by atoms with Gasteiger partial charge in [0.1, 0.15) is 0 Å². The van der Waals surface area contributed by atoms with Crippen LogP contribution >= 0.6 is 0 Å². The molecule has 0 N–H and O–H groups in total.